The fraction of sp³-hybridized carbons (Fsp3) is 0.412. The van der Waals surface area contributed by atoms with Crippen LogP contribution < -0.4 is 28.1 Å². The summed E-state index contributed by atoms with van der Waals surface area (Å²) < 4.78 is 16.4. The molecular formula is C17H21ClFN3O4. The first-order valence-electron chi connectivity index (χ1n) is 8.13. The van der Waals surface area contributed by atoms with Crippen molar-refractivity contribution in [1.82, 2.24) is 9.88 Å². The van der Waals surface area contributed by atoms with Gasteiger partial charge in [0.15, 0.2) is 0 Å². The highest BCUT2D eigenvalue weighted by molar-refractivity contribution is 5.93. The topological polar surface area (TPSA) is 106 Å². The van der Waals surface area contributed by atoms with Gasteiger partial charge in [0.25, 0.3) is 0 Å². The van der Waals surface area contributed by atoms with E-state index in [9.17, 15) is 19.1 Å². The number of benzene rings is 1. The molecule has 0 unspecified atom stereocenters. The van der Waals surface area contributed by atoms with E-state index in [1.165, 1.54) is 12.3 Å². The highest BCUT2D eigenvalue weighted by Gasteiger charge is 2.28. The molecule has 4 N–H and O–H groups in total. The first-order chi connectivity index (χ1) is 11.6. The van der Waals surface area contributed by atoms with Gasteiger partial charge in [0.2, 0.25) is 5.43 Å². The van der Waals surface area contributed by atoms with Crippen molar-refractivity contribution in [1.29, 1.82) is 0 Å². The lowest BCUT2D eigenvalue weighted by Gasteiger charge is -2.30. The molecule has 9 heteroatoms. The average molecular weight is 386 g/mol. The summed E-state index contributed by atoms with van der Waals surface area (Å²) in [7, 11) is 0. The Hall–Kier alpha value is -2.16. The van der Waals surface area contributed by atoms with Crippen LogP contribution in [0.3, 0.4) is 0 Å². The van der Waals surface area contributed by atoms with Crippen LogP contribution in [0.4, 0.5) is 10.1 Å². The summed E-state index contributed by atoms with van der Waals surface area (Å²) in [5, 5.41) is 12.6. The zero-order valence-electron chi connectivity index (χ0n) is 15.0. The Morgan fingerprint density at radius 3 is 2.50 bits per heavy atom. The van der Waals surface area contributed by atoms with E-state index in [0.29, 0.717) is 24.3 Å². The number of halogens is 2. The molecule has 2 fully saturated rings. The Bertz CT molecular complexity index is 898. The van der Waals surface area contributed by atoms with E-state index in [1.807, 2.05) is 9.47 Å². The monoisotopic (exact) mass is 385 g/mol. The average Bonchev–Trinajstić information content (AvgIpc) is 3.40. The highest BCUT2D eigenvalue weighted by atomic mass is 35.5. The number of anilines is 1. The van der Waals surface area contributed by atoms with Gasteiger partial charge in [-0.15, -0.1) is 0 Å². The molecule has 26 heavy (non-hydrogen) atoms. The number of carboxylic acid groups (broad SMARTS) is 1. The third-order valence-corrected chi connectivity index (χ3v) is 4.73. The van der Waals surface area contributed by atoms with Crippen molar-refractivity contribution < 1.29 is 33.6 Å². The van der Waals surface area contributed by atoms with E-state index in [1.54, 1.807) is 6.07 Å². The van der Waals surface area contributed by atoms with Crippen molar-refractivity contribution in [2.75, 3.05) is 31.1 Å². The minimum Gasteiger partial charge on any atom is -1.00 e. The fourth-order valence-electron chi connectivity index (χ4n) is 3.31. The van der Waals surface area contributed by atoms with Crippen LogP contribution in [0.1, 0.15) is 30.7 Å². The molecule has 142 valence electrons. The summed E-state index contributed by atoms with van der Waals surface area (Å²) in [5.74, 6) is -1.76. The summed E-state index contributed by atoms with van der Waals surface area (Å²) in [6.45, 7) is 2.96. The van der Waals surface area contributed by atoms with Gasteiger partial charge in [0.1, 0.15) is 11.4 Å². The molecule has 4 rings (SSSR count). The van der Waals surface area contributed by atoms with Gasteiger partial charge >= 0.3 is 7.40 Å². The molecule has 2 aliphatic rings. The first kappa shape index (κ1) is 20.2. The largest absolute Gasteiger partial charge is 1.00 e. The molecule has 1 aliphatic heterocycles. The van der Waals surface area contributed by atoms with Crippen molar-refractivity contribution in [2.45, 2.75) is 18.9 Å². The normalized spacial score (nSPS) is 16.7. The number of rotatable bonds is 3. The molecule has 1 saturated carbocycles. The van der Waals surface area contributed by atoms with Crippen LogP contribution in [0, 0.1) is 5.82 Å². The third-order valence-electron chi connectivity index (χ3n) is 4.73. The quantitative estimate of drug-likeness (QED) is 0.628. The molecule has 1 aromatic heterocycles. The summed E-state index contributed by atoms with van der Waals surface area (Å²) in [6.07, 6.45) is 3.29. The fourth-order valence-corrected chi connectivity index (χ4v) is 3.31. The minimum absolute atomic E-state index is 0. The number of nitrogens with one attached hydrogen (secondary N) is 1. The molecule has 0 bridgehead atoms. The van der Waals surface area contributed by atoms with Crippen LogP contribution in [0.5, 0.6) is 0 Å². The van der Waals surface area contributed by atoms with Crippen molar-refractivity contribution >= 4 is 22.6 Å². The number of carboxylic acids is 1. The maximum Gasteiger partial charge on any atom is 1.00 e. The summed E-state index contributed by atoms with van der Waals surface area (Å²) >= 11 is 0. The maximum atomic E-state index is 14.6. The Labute approximate surface area is 156 Å². The molecule has 1 aliphatic carbocycles. The Kier molecular flexibility index (Phi) is 5.90. The van der Waals surface area contributed by atoms with Crippen molar-refractivity contribution in [3.05, 3.63) is 39.9 Å². The number of nitrogens with zero attached hydrogens (tertiary/aromatic N) is 2. The Morgan fingerprint density at radius 2 is 1.92 bits per heavy atom. The van der Waals surface area contributed by atoms with Crippen molar-refractivity contribution in [3.8, 4) is 0 Å². The number of aromatic nitrogens is 1. The van der Waals surface area contributed by atoms with Crippen LogP contribution >= 0.6 is 0 Å². The number of piperazine rings is 1. The van der Waals surface area contributed by atoms with E-state index in [0.717, 1.165) is 25.9 Å². The van der Waals surface area contributed by atoms with Gasteiger partial charge in [0.05, 0.1) is 11.2 Å². The van der Waals surface area contributed by atoms with Crippen LogP contribution in [0.25, 0.3) is 10.9 Å². The number of carbonyl (C=O) groups is 1. The highest BCUT2D eigenvalue weighted by Crippen LogP contribution is 2.38. The van der Waals surface area contributed by atoms with Gasteiger partial charge < -0.3 is 37.8 Å². The number of pyridine rings is 1. The molecule has 0 radical (unpaired) electrons. The third kappa shape index (κ3) is 3.40. The second-order valence-electron chi connectivity index (χ2n) is 6.37. The van der Waals surface area contributed by atoms with E-state index >= 15 is 0 Å². The van der Waals surface area contributed by atoms with Gasteiger partial charge in [-0.25, -0.2) is 9.18 Å². The minimum atomic E-state index is -1.28. The van der Waals surface area contributed by atoms with Crippen LogP contribution in [-0.2, 0) is 0 Å². The number of hydrogen-bond acceptors (Lipinski definition) is 4. The van der Waals surface area contributed by atoms with Gasteiger partial charge in [-0.05, 0) is 25.0 Å². The Balaban J connectivity index is 0.00000121. The SMILES string of the molecule is O.O=C(O)c1cn(C2CC2)c2cc(N3CCNCC3)c(F)cc2c1=O.[Cl-].[H+]. The van der Waals surface area contributed by atoms with Gasteiger partial charge in [0, 0.05) is 43.8 Å². The lowest BCUT2D eigenvalue weighted by atomic mass is 10.1. The number of hydrogen-bond donors (Lipinski definition) is 2. The second kappa shape index (κ2) is 7.61. The first-order valence-corrected chi connectivity index (χ1v) is 8.13. The van der Waals surface area contributed by atoms with E-state index < -0.39 is 17.2 Å². The number of aromatic carboxylic acids is 1. The molecule has 2 heterocycles. The van der Waals surface area contributed by atoms with Crippen molar-refractivity contribution in [3.63, 3.8) is 0 Å². The maximum absolute atomic E-state index is 14.6. The smallest absolute Gasteiger partial charge is 1.00 e. The molecule has 7 nitrogen and oxygen atoms in total. The molecule has 1 aromatic carbocycles. The second-order valence-corrected chi connectivity index (χ2v) is 6.37. The summed E-state index contributed by atoms with van der Waals surface area (Å²) in [6, 6.07) is 3.08. The molecule has 0 atom stereocenters. The molecular weight excluding hydrogens is 365 g/mol. The number of fused-ring (bicyclic) bond motifs is 1. The lowest BCUT2D eigenvalue weighted by Crippen LogP contribution is -3.00. The molecule has 0 amide bonds. The standard InChI is InChI=1S/C17H18FN3O3.ClH.H2O/c18-13-7-11-14(8-15(13)20-5-3-19-4-6-20)21(10-1-2-10)9-12(16(11)22)17(23)24;;/h7-10,19H,1-6H2,(H,23,24);1H;1H2. The van der Waals surface area contributed by atoms with E-state index in [-0.39, 0.29) is 36.3 Å². The van der Waals surface area contributed by atoms with E-state index in [4.69, 9.17) is 0 Å². The predicted octanol–water partition coefficient (Wildman–Crippen LogP) is -2.12. The zero-order valence-corrected chi connectivity index (χ0v) is 14.7. The lowest BCUT2D eigenvalue weighted by molar-refractivity contribution is -0.0000222. The molecule has 0 spiro atoms. The Morgan fingerprint density at radius 1 is 1.27 bits per heavy atom. The van der Waals surface area contributed by atoms with Gasteiger partial charge in [-0.2, -0.15) is 0 Å². The molecule has 1 saturated heterocycles. The summed E-state index contributed by atoms with van der Waals surface area (Å²) in [5.41, 5.74) is 0.159. The van der Waals surface area contributed by atoms with Gasteiger partial charge in [-0.1, -0.05) is 0 Å². The van der Waals surface area contributed by atoms with Crippen LogP contribution in [-0.4, -0.2) is 47.3 Å². The predicted molar refractivity (Wildman–Crippen MR) is 93.2 cm³/mol. The zero-order chi connectivity index (χ0) is 16.8. The van der Waals surface area contributed by atoms with Crippen LogP contribution in [0.15, 0.2) is 23.1 Å². The summed E-state index contributed by atoms with van der Waals surface area (Å²) in [4.78, 5) is 25.7. The van der Waals surface area contributed by atoms with Crippen molar-refractivity contribution in [2.24, 2.45) is 0 Å². The van der Waals surface area contributed by atoms with Crippen LogP contribution in [0.2, 0.25) is 0 Å². The van der Waals surface area contributed by atoms with Gasteiger partial charge in [-0.3, -0.25) is 4.79 Å². The van der Waals surface area contributed by atoms with E-state index in [2.05, 4.69) is 5.32 Å². The molecule has 2 aromatic rings.